The van der Waals surface area contributed by atoms with Crippen LogP contribution in [0.5, 0.6) is 5.75 Å². The Kier molecular flexibility index (Phi) is 5.80. The van der Waals surface area contributed by atoms with E-state index < -0.39 is 28.2 Å². The molecule has 0 aliphatic rings. The lowest BCUT2D eigenvalue weighted by atomic mass is 10.0. The Morgan fingerprint density at radius 2 is 2.12 bits per heavy atom. The van der Waals surface area contributed by atoms with E-state index in [0.29, 0.717) is 12.5 Å². The maximum absolute atomic E-state index is 13.1. The van der Waals surface area contributed by atoms with Crippen molar-refractivity contribution in [1.29, 1.82) is 0 Å². The molecule has 0 unspecified atom stereocenters. The first-order chi connectivity index (χ1) is 7.47. The second-order valence-corrected chi connectivity index (χ2v) is 3.30. The van der Waals surface area contributed by atoms with Crippen molar-refractivity contribution in [2.24, 2.45) is 11.5 Å². The summed E-state index contributed by atoms with van der Waals surface area (Å²) in [6.45, 7) is 0.241. The summed E-state index contributed by atoms with van der Waals surface area (Å²) in [4.78, 5) is 9.66. The maximum atomic E-state index is 13.1. The van der Waals surface area contributed by atoms with Gasteiger partial charge in [-0.2, -0.15) is 0 Å². The van der Waals surface area contributed by atoms with Crippen molar-refractivity contribution in [3.8, 4) is 5.75 Å². The minimum atomic E-state index is -0.864. The van der Waals surface area contributed by atoms with E-state index in [1.807, 2.05) is 0 Å². The zero-order chi connectivity index (χ0) is 12.3. The number of aromatic hydroxyl groups is 1. The van der Waals surface area contributed by atoms with Crippen LogP contribution in [-0.4, -0.2) is 16.6 Å². The van der Waals surface area contributed by atoms with Crippen LogP contribution in [0.15, 0.2) is 12.1 Å². The Labute approximate surface area is 103 Å². The highest BCUT2D eigenvalue weighted by Gasteiger charge is 2.22. The highest BCUT2D eigenvalue weighted by molar-refractivity contribution is 5.85. The van der Waals surface area contributed by atoms with Gasteiger partial charge in [-0.25, -0.2) is 4.39 Å². The molecule has 0 radical (unpaired) electrons. The number of halogens is 2. The quantitative estimate of drug-likeness (QED) is 0.559. The zero-order valence-corrected chi connectivity index (χ0v) is 9.61. The first-order valence-electron chi connectivity index (χ1n) is 4.59. The molecule has 0 aliphatic heterocycles. The molecule has 5 N–H and O–H groups in total. The third-order valence-electron chi connectivity index (χ3n) is 2.16. The number of hydrogen-bond donors (Lipinski definition) is 3. The van der Waals surface area contributed by atoms with Gasteiger partial charge in [0.1, 0.15) is 5.82 Å². The van der Waals surface area contributed by atoms with E-state index >= 15 is 0 Å². The first kappa shape index (κ1) is 15.6. The standard InChI is InChI=1S/C9H12FN3O3.ClH/c10-5-3-6(7(12)1-2-11)9(14)8(4-5)13(15)16;/h3-4,7,14H,1-2,11-12H2;1H/t7-;/m0./s1. The van der Waals surface area contributed by atoms with Crippen LogP contribution in [0.2, 0.25) is 0 Å². The van der Waals surface area contributed by atoms with Gasteiger partial charge in [0.2, 0.25) is 0 Å². The monoisotopic (exact) mass is 265 g/mol. The molecule has 0 saturated carbocycles. The molecule has 96 valence electrons. The molecule has 0 heterocycles. The normalized spacial score (nSPS) is 11.7. The molecule has 1 aromatic rings. The molecule has 0 aliphatic carbocycles. The van der Waals surface area contributed by atoms with Crippen LogP contribution >= 0.6 is 12.4 Å². The SMILES string of the molecule is Cl.NCC[C@H](N)c1cc(F)cc([N+](=O)[O-])c1O. The number of phenols is 1. The largest absolute Gasteiger partial charge is 0.502 e. The summed E-state index contributed by atoms with van der Waals surface area (Å²) in [6, 6.07) is 0.899. The lowest BCUT2D eigenvalue weighted by molar-refractivity contribution is -0.386. The van der Waals surface area contributed by atoms with Crippen LogP contribution in [0, 0.1) is 15.9 Å². The fraction of sp³-hybridized carbons (Fsp3) is 0.333. The van der Waals surface area contributed by atoms with Crippen molar-refractivity contribution >= 4 is 18.1 Å². The molecule has 1 aromatic carbocycles. The summed E-state index contributed by atoms with van der Waals surface area (Å²) in [5.41, 5.74) is 10.2. The van der Waals surface area contributed by atoms with E-state index in [-0.39, 0.29) is 24.5 Å². The highest BCUT2D eigenvalue weighted by atomic mass is 35.5. The minimum absolute atomic E-state index is 0. The average Bonchev–Trinajstić information content (AvgIpc) is 2.20. The molecule has 1 atom stereocenters. The maximum Gasteiger partial charge on any atom is 0.313 e. The van der Waals surface area contributed by atoms with Crippen LogP contribution in [-0.2, 0) is 0 Å². The minimum Gasteiger partial charge on any atom is -0.502 e. The Bertz CT molecular complexity index is 417. The number of nitrogens with zero attached hydrogens (tertiary/aromatic N) is 1. The topological polar surface area (TPSA) is 115 Å². The van der Waals surface area contributed by atoms with Crippen LogP contribution in [0.4, 0.5) is 10.1 Å². The van der Waals surface area contributed by atoms with E-state index in [1.54, 1.807) is 0 Å². The smallest absolute Gasteiger partial charge is 0.313 e. The van der Waals surface area contributed by atoms with Crippen LogP contribution in [0.1, 0.15) is 18.0 Å². The number of rotatable bonds is 4. The summed E-state index contributed by atoms with van der Waals surface area (Å²) < 4.78 is 13.1. The van der Waals surface area contributed by atoms with Crippen molar-refractivity contribution in [1.82, 2.24) is 0 Å². The van der Waals surface area contributed by atoms with Gasteiger partial charge >= 0.3 is 5.69 Å². The van der Waals surface area contributed by atoms with Gasteiger partial charge in [0, 0.05) is 11.6 Å². The van der Waals surface area contributed by atoms with Crippen LogP contribution < -0.4 is 11.5 Å². The van der Waals surface area contributed by atoms with E-state index in [0.717, 1.165) is 6.07 Å². The second kappa shape index (κ2) is 6.33. The summed E-state index contributed by atoms with van der Waals surface area (Å²) >= 11 is 0. The fourth-order valence-corrected chi connectivity index (χ4v) is 1.36. The summed E-state index contributed by atoms with van der Waals surface area (Å²) in [7, 11) is 0. The number of benzene rings is 1. The number of nitrogens with two attached hydrogens (primary N) is 2. The second-order valence-electron chi connectivity index (χ2n) is 3.30. The number of nitro benzene ring substituents is 1. The van der Waals surface area contributed by atoms with Gasteiger partial charge in [-0.3, -0.25) is 10.1 Å². The predicted octanol–water partition coefficient (Wildman–Crippen LogP) is 1.21. The van der Waals surface area contributed by atoms with E-state index in [1.165, 1.54) is 0 Å². The molecular weight excluding hydrogens is 253 g/mol. The first-order valence-corrected chi connectivity index (χ1v) is 4.59. The van der Waals surface area contributed by atoms with E-state index in [4.69, 9.17) is 11.5 Å². The number of phenolic OH excluding ortho intramolecular Hbond substituents is 1. The summed E-state index contributed by atoms with van der Waals surface area (Å²) in [6.07, 6.45) is 0.300. The average molecular weight is 266 g/mol. The van der Waals surface area contributed by atoms with Gasteiger partial charge in [-0.1, -0.05) is 0 Å². The molecule has 0 aromatic heterocycles. The van der Waals surface area contributed by atoms with Crippen molar-refractivity contribution in [2.45, 2.75) is 12.5 Å². The van der Waals surface area contributed by atoms with Crippen molar-refractivity contribution < 1.29 is 14.4 Å². The molecule has 8 heteroatoms. The molecule has 0 saturated heterocycles. The third kappa shape index (κ3) is 3.52. The number of hydrogen-bond acceptors (Lipinski definition) is 5. The Balaban J connectivity index is 0.00000256. The summed E-state index contributed by atoms with van der Waals surface area (Å²) in [5.74, 6) is -1.42. The van der Waals surface area contributed by atoms with E-state index in [2.05, 4.69) is 0 Å². The number of nitro groups is 1. The van der Waals surface area contributed by atoms with Gasteiger partial charge in [0.25, 0.3) is 0 Å². The molecule has 1 rings (SSSR count). The molecule has 17 heavy (non-hydrogen) atoms. The van der Waals surface area contributed by atoms with E-state index in [9.17, 15) is 19.6 Å². The molecule has 0 amide bonds. The van der Waals surface area contributed by atoms with Gasteiger partial charge in [0.15, 0.2) is 5.75 Å². The molecule has 6 nitrogen and oxygen atoms in total. The van der Waals surface area contributed by atoms with Gasteiger partial charge in [0.05, 0.1) is 11.0 Å². The van der Waals surface area contributed by atoms with Crippen molar-refractivity contribution in [3.63, 3.8) is 0 Å². The Morgan fingerprint density at radius 3 is 2.59 bits per heavy atom. The Hall–Kier alpha value is -1.44. The Morgan fingerprint density at radius 1 is 1.53 bits per heavy atom. The fourth-order valence-electron chi connectivity index (χ4n) is 1.36. The van der Waals surface area contributed by atoms with Crippen LogP contribution in [0.3, 0.4) is 0 Å². The van der Waals surface area contributed by atoms with Gasteiger partial charge in [-0.15, -0.1) is 12.4 Å². The molecule has 0 bridgehead atoms. The van der Waals surface area contributed by atoms with Crippen LogP contribution in [0.25, 0.3) is 0 Å². The predicted molar refractivity (Wildman–Crippen MR) is 62.6 cm³/mol. The van der Waals surface area contributed by atoms with Gasteiger partial charge in [-0.05, 0) is 19.0 Å². The molecule has 0 fully saturated rings. The van der Waals surface area contributed by atoms with Crippen molar-refractivity contribution in [2.75, 3.05) is 6.54 Å². The molecule has 0 spiro atoms. The highest BCUT2D eigenvalue weighted by Crippen LogP contribution is 2.34. The lowest BCUT2D eigenvalue weighted by Crippen LogP contribution is -2.16. The summed E-state index contributed by atoms with van der Waals surface area (Å²) in [5, 5.41) is 20.1. The van der Waals surface area contributed by atoms with Crippen molar-refractivity contribution in [3.05, 3.63) is 33.6 Å². The molecular formula is C9H13ClFN3O3. The lowest BCUT2D eigenvalue weighted by Gasteiger charge is -2.12. The third-order valence-corrected chi connectivity index (χ3v) is 2.16. The zero-order valence-electron chi connectivity index (χ0n) is 8.80. The van der Waals surface area contributed by atoms with Gasteiger partial charge < -0.3 is 16.6 Å².